The Balaban J connectivity index is 0.00000261. The van der Waals surface area contributed by atoms with Gasteiger partial charge in [0, 0.05) is 43.4 Å². The third kappa shape index (κ3) is 6.64. The number of piperidine rings is 1. The zero-order valence-electron chi connectivity index (χ0n) is 15.8. The number of pyridine rings is 1. The van der Waals surface area contributed by atoms with Crippen molar-refractivity contribution in [2.24, 2.45) is 4.99 Å². The Morgan fingerprint density at radius 1 is 1.19 bits per heavy atom. The number of aliphatic imine (C=N–C) groups is 1. The zero-order valence-corrected chi connectivity index (χ0v) is 19.7. The molecule has 3 rings (SSSR count). The number of aryl methyl sites for hydroxylation is 1. The van der Waals surface area contributed by atoms with Crippen molar-refractivity contribution in [1.29, 1.82) is 0 Å². The molecule has 0 spiro atoms. The molecule has 2 heterocycles. The highest BCUT2D eigenvalue weighted by Crippen LogP contribution is 2.18. The second kappa shape index (κ2) is 10.8. The maximum Gasteiger partial charge on any atom is 0.191 e. The lowest BCUT2D eigenvalue weighted by Gasteiger charge is -2.33. The summed E-state index contributed by atoms with van der Waals surface area (Å²) in [6, 6.07) is 13.0. The van der Waals surface area contributed by atoms with Gasteiger partial charge in [-0.3, -0.25) is 4.99 Å². The molecule has 146 valence electrons. The Hall–Kier alpha value is -1.35. The number of guanidine groups is 1. The van der Waals surface area contributed by atoms with Crippen molar-refractivity contribution in [1.82, 2.24) is 15.6 Å². The van der Waals surface area contributed by atoms with E-state index >= 15 is 0 Å². The molecular weight excluding hydrogens is 517 g/mol. The van der Waals surface area contributed by atoms with Crippen LogP contribution in [0.3, 0.4) is 0 Å². The summed E-state index contributed by atoms with van der Waals surface area (Å²) in [5.41, 5.74) is 2.43. The van der Waals surface area contributed by atoms with Gasteiger partial charge in [0.05, 0.1) is 0 Å². The number of nitrogens with one attached hydrogen (secondary N) is 2. The van der Waals surface area contributed by atoms with E-state index in [1.165, 1.54) is 11.1 Å². The van der Waals surface area contributed by atoms with Crippen LogP contribution < -0.4 is 15.5 Å². The van der Waals surface area contributed by atoms with Crippen molar-refractivity contribution in [3.8, 4) is 0 Å². The number of hydrogen-bond donors (Lipinski definition) is 2. The van der Waals surface area contributed by atoms with Crippen LogP contribution >= 0.6 is 39.9 Å². The van der Waals surface area contributed by atoms with E-state index in [1.807, 2.05) is 13.2 Å². The topological polar surface area (TPSA) is 52.6 Å². The minimum absolute atomic E-state index is 0. The van der Waals surface area contributed by atoms with Crippen LogP contribution in [0, 0.1) is 6.92 Å². The number of aromatic nitrogens is 1. The largest absolute Gasteiger partial charge is 0.356 e. The average molecular weight is 544 g/mol. The molecule has 5 nitrogen and oxygen atoms in total. The average Bonchev–Trinajstić information content (AvgIpc) is 2.67. The lowest BCUT2D eigenvalue weighted by molar-refractivity contribution is 0.459. The van der Waals surface area contributed by atoms with Crippen LogP contribution in [0.25, 0.3) is 0 Å². The molecule has 1 fully saturated rings. The summed E-state index contributed by atoms with van der Waals surface area (Å²) in [4.78, 5) is 11.3. The third-order valence-electron chi connectivity index (χ3n) is 4.65. The molecule has 0 unspecified atom stereocenters. The van der Waals surface area contributed by atoms with Crippen molar-refractivity contribution in [2.45, 2.75) is 32.4 Å². The number of rotatable bonds is 4. The maximum atomic E-state index is 4.54. The molecule has 0 radical (unpaired) electrons. The fourth-order valence-electron chi connectivity index (χ4n) is 3.08. The first-order valence-corrected chi connectivity index (χ1v) is 9.82. The highest BCUT2D eigenvalue weighted by atomic mass is 127. The van der Waals surface area contributed by atoms with Crippen LogP contribution in [0.5, 0.6) is 0 Å². The fourth-order valence-corrected chi connectivity index (χ4v) is 3.34. The van der Waals surface area contributed by atoms with E-state index in [2.05, 4.69) is 84.8 Å². The maximum absolute atomic E-state index is 4.54. The molecule has 1 saturated heterocycles. The highest BCUT2D eigenvalue weighted by molar-refractivity contribution is 14.0. The van der Waals surface area contributed by atoms with Crippen molar-refractivity contribution in [2.75, 3.05) is 25.0 Å². The molecule has 0 saturated carbocycles. The van der Waals surface area contributed by atoms with Crippen molar-refractivity contribution >= 4 is 51.7 Å². The van der Waals surface area contributed by atoms with Gasteiger partial charge < -0.3 is 15.5 Å². The Bertz CT molecular complexity index is 725. The Morgan fingerprint density at radius 2 is 1.89 bits per heavy atom. The Labute approximate surface area is 187 Å². The highest BCUT2D eigenvalue weighted by Gasteiger charge is 2.20. The van der Waals surface area contributed by atoms with E-state index in [0.717, 1.165) is 48.7 Å². The van der Waals surface area contributed by atoms with Gasteiger partial charge in [-0.15, -0.1) is 24.0 Å². The van der Waals surface area contributed by atoms with Gasteiger partial charge in [0.2, 0.25) is 0 Å². The van der Waals surface area contributed by atoms with E-state index in [4.69, 9.17) is 0 Å². The molecule has 2 N–H and O–H groups in total. The molecule has 1 aromatic carbocycles. The minimum Gasteiger partial charge on any atom is -0.356 e. The molecule has 0 bridgehead atoms. The van der Waals surface area contributed by atoms with Gasteiger partial charge in [0.15, 0.2) is 5.96 Å². The number of hydrogen-bond acceptors (Lipinski definition) is 3. The predicted octanol–water partition coefficient (Wildman–Crippen LogP) is 4.10. The van der Waals surface area contributed by atoms with Crippen molar-refractivity contribution in [3.63, 3.8) is 0 Å². The standard InChI is InChI=1S/C20H26BrN5.HI/c1-15-3-8-19(23-13-15)26-11-9-18(10-12-26)25-20(22-2)24-14-16-4-6-17(21)7-5-16;/h3-8,13,18H,9-12,14H2,1-2H3,(H2,22,24,25);1H. The molecule has 0 amide bonds. The predicted molar refractivity (Wildman–Crippen MR) is 127 cm³/mol. The Kier molecular flexibility index (Phi) is 8.82. The smallest absolute Gasteiger partial charge is 0.191 e. The Morgan fingerprint density at radius 3 is 2.48 bits per heavy atom. The molecule has 1 aliphatic rings. The first-order valence-electron chi connectivity index (χ1n) is 9.03. The van der Waals surface area contributed by atoms with Gasteiger partial charge in [0.1, 0.15) is 5.82 Å². The molecule has 0 atom stereocenters. The van der Waals surface area contributed by atoms with E-state index < -0.39 is 0 Å². The summed E-state index contributed by atoms with van der Waals surface area (Å²) in [5.74, 6) is 1.94. The van der Waals surface area contributed by atoms with E-state index in [1.54, 1.807) is 0 Å². The van der Waals surface area contributed by atoms with Crippen LogP contribution in [0.15, 0.2) is 52.1 Å². The summed E-state index contributed by atoms with van der Waals surface area (Å²) in [5, 5.41) is 6.95. The number of benzene rings is 1. The van der Waals surface area contributed by atoms with Gasteiger partial charge >= 0.3 is 0 Å². The molecular formula is C20H27BrIN5. The summed E-state index contributed by atoms with van der Waals surface area (Å²) in [7, 11) is 1.82. The summed E-state index contributed by atoms with van der Waals surface area (Å²) < 4.78 is 1.10. The van der Waals surface area contributed by atoms with Crippen molar-refractivity contribution in [3.05, 3.63) is 58.2 Å². The quantitative estimate of drug-likeness (QED) is 0.346. The summed E-state index contributed by atoms with van der Waals surface area (Å²) in [6.07, 6.45) is 4.09. The van der Waals surface area contributed by atoms with Gasteiger partial charge in [-0.2, -0.15) is 0 Å². The van der Waals surface area contributed by atoms with Gasteiger partial charge in [-0.1, -0.05) is 34.1 Å². The second-order valence-electron chi connectivity index (χ2n) is 6.65. The van der Waals surface area contributed by atoms with Gasteiger partial charge in [-0.25, -0.2) is 4.98 Å². The fraction of sp³-hybridized carbons (Fsp3) is 0.400. The lowest BCUT2D eigenvalue weighted by Crippen LogP contribution is -2.48. The molecule has 1 aromatic heterocycles. The van der Waals surface area contributed by atoms with Crippen molar-refractivity contribution < 1.29 is 0 Å². The summed E-state index contributed by atoms with van der Waals surface area (Å²) >= 11 is 3.47. The van der Waals surface area contributed by atoms with Crippen LogP contribution in [-0.2, 0) is 6.54 Å². The second-order valence-corrected chi connectivity index (χ2v) is 7.57. The van der Waals surface area contributed by atoms with E-state index in [9.17, 15) is 0 Å². The van der Waals surface area contributed by atoms with Crippen LogP contribution in [0.2, 0.25) is 0 Å². The van der Waals surface area contributed by atoms with Crippen LogP contribution in [-0.4, -0.2) is 37.1 Å². The zero-order chi connectivity index (χ0) is 18.4. The SMILES string of the molecule is CN=C(NCc1ccc(Br)cc1)NC1CCN(c2ccc(C)cn2)CC1.I. The first kappa shape index (κ1) is 21.9. The monoisotopic (exact) mass is 543 g/mol. The molecule has 7 heteroatoms. The lowest BCUT2D eigenvalue weighted by atomic mass is 10.1. The molecule has 27 heavy (non-hydrogen) atoms. The third-order valence-corrected chi connectivity index (χ3v) is 5.18. The molecule has 1 aliphatic heterocycles. The molecule has 0 aliphatic carbocycles. The van der Waals surface area contributed by atoms with Gasteiger partial charge in [-0.05, 0) is 49.1 Å². The first-order chi connectivity index (χ1) is 12.6. The van der Waals surface area contributed by atoms with Crippen LogP contribution in [0.1, 0.15) is 24.0 Å². The number of halogens is 2. The minimum atomic E-state index is 0. The van der Waals surface area contributed by atoms with Crippen LogP contribution in [0.4, 0.5) is 5.82 Å². The van der Waals surface area contributed by atoms with Gasteiger partial charge in [0.25, 0.3) is 0 Å². The van der Waals surface area contributed by atoms with E-state index in [0.29, 0.717) is 6.04 Å². The number of anilines is 1. The molecule has 2 aromatic rings. The normalized spacial score (nSPS) is 15.2. The number of nitrogens with zero attached hydrogens (tertiary/aromatic N) is 3. The summed E-state index contributed by atoms with van der Waals surface area (Å²) in [6.45, 7) is 4.85. The van der Waals surface area contributed by atoms with E-state index in [-0.39, 0.29) is 24.0 Å².